The minimum atomic E-state index is -0.233. The predicted molar refractivity (Wildman–Crippen MR) is 124 cm³/mol. The average Bonchev–Trinajstić information content (AvgIpc) is 3.16. The van der Waals surface area contributed by atoms with Gasteiger partial charge >= 0.3 is 0 Å². The van der Waals surface area contributed by atoms with E-state index in [0.717, 1.165) is 16.5 Å². The first-order valence-corrected chi connectivity index (χ1v) is 10.1. The monoisotopic (exact) mass is 414 g/mol. The molecule has 0 spiro atoms. The van der Waals surface area contributed by atoms with Crippen LogP contribution in [0, 0.1) is 0 Å². The summed E-state index contributed by atoms with van der Waals surface area (Å²) in [7, 11) is 0. The molecule has 3 aromatic rings. The van der Waals surface area contributed by atoms with Crippen molar-refractivity contribution in [2.24, 2.45) is 0 Å². The Balaban J connectivity index is 1.72. The van der Waals surface area contributed by atoms with E-state index in [9.17, 15) is 9.59 Å². The number of nitrogens with one attached hydrogen (secondary N) is 2. The molecule has 0 fully saturated rings. The summed E-state index contributed by atoms with van der Waals surface area (Å²) in [6, 6.07) is 15.9. The quantitative estimate of drug-likeness (QED) is 0.530. The number of hydrogen-bond donors (Lipinski definition) is 2. The lowest BCUT2D eigenvalue weighted by Crippen LogP contribution is -2.15. The molecule has 0 atom stereocenters. The fourth-order valence-electron chi connectivity index (χ4n) is 3.07. The minimum absolute atomic E-state index is 0.109. The van der Waals surface area contributed by atoms with Crippen LogP contribution in [0.1, 0.15) is 26.3 Å². The average molecular weight is 415 g/mol. The van der Waals surface area contributed by atoms with Crippen LogP contribution < -0.4 is 10.6 Å². The first kappa shape index (κ1) is 21.8. The number of carbonyl (C=O) groups is 2. The van der Waals surface area contributed by atoms with Crippen molar-refractivity contribution in [3.05, 3.63) is 96.0 Å². The van der Waals surface area contributed by atoms with Crippen molar-refractivity contribution in [3.8, 4) is 0 Å². The summed E-state index contributed by atoms with van der Waals surface area (Å²) in [5.74, 6) is -0.342. The number of allylic oxidation sites excluding steroid dienone is 4. The third-order valence-electron chi connectivity index (χ3n) is 4.67. The summed E-state index contributed by atoms with van der Waals surface area (Å²) in [5, 5.41) is 11.3. The van der Waals surface area contributed by atoms with E-state index in [-0.39, 0.29) is 11.7 Å². The zero-order valence-corrected chi connectivity index (χ0v) is 17.9. The zero-order chi connectivity index (χ0) is 22.2. The number of aromatic nitrogens is 2. The van der Waals surface area contributed by atoms with Crippen LogP contribution in [0.3, 0.4) is 0 Å². The van der Waals surface area contributed by atoms with Crippen molar-refractivity contribution in [1.29, 1.82) is 0 Å². The molecule has 1 heterocycles. The lowest BCUT2D eigenvalue weighted by molar-refractivity contribution is -0.113. The number of ketones is 1. The second-order valence-corrected chi connectivity index (χ2v) is 7.18. The second-order valence-electron chi connectivity index (χ2n) is 7.18. The Labute approximate surface area is 182 Å². The van der Waals surface area contributed by atoms with E-state index in [1.54, 1.807) is 39.2 Å². The van der Waals surface area contributed by atoms with Crippen LogP contribution in [0.25, 0.3) is 10.9 Å². The Morgan fingerprint density at radius 3 is 2.58 bits per heavy atom. The molecule has 2 N–H and O–H groups in total. The Hall–Kier alpha value is -3.93. The molecule has 31 heavy (non-hydrogen) atoms. The summed E-state index contributed by atoms with van der Waals surface area (Å²) in [6.45, 7) is 5.92. The Morgan fingerprint density at radius 2 is 1.84 bits per heavy atom. The van der Waals surface area contributed by atoms with Gasteiger partial charge in [0, 0.05) is 28.9 Å². The van der Waals surface area contributed by atoms with Gasteiger partial charge < -0.3 is 10.6 Å². The molecule has 6 nitrogen and oxygen atoms in total. The van der Waals surface area contributed by atoms with Gasteiger partial charge in [-0.25, -0.2) is 0 Å². The smallest absolute Gasteiger partial charge is 0.252 e. The number of fused-ring (bicyclic) bond motifs is 1. The van der Waals surface area contributed by atoms with Crippen LogP contribution in [0.15, 0.2) is 90.4 Å². The molecular weight excluding hydrogens is 388 g/mol. The predicted octanol–water partition coefficient (Wildman–Crippen LogP) is 4.57. The fraction of sp³-hybridized carbons (Fsp3) is 0.160. The van der Waals surface area contributed by atoms with Crippen LogP contribution in [-0.4, -0.2) is 21.5 Å². The number of anilines is 1. The van der Waals surface area contributed by atoms with E-state index >= 15 is 0 Å². The van der Waals surface area contributed by atoms with Crippen LogP contribution in [0.4, 0.5) is 5.69 Å². The summed E-state index contributed by atoms with van der Waals surface area (Å²) in [4.78, 5) is 24.3. The van der Waals surface area contributed by atoms with Crippen molar-refractivity contribution in [3.63, 3.8) is 0 Å². The molecule has 158 valence electrons. The van der Waals surface area contributed by atoms with Crippen molar-refractivity contribution in [2.75, 3.05) is 5.32 Å². The van der Waals surface area contributed by atoms with E-state index in [2.05, 4.69) is 27.9 Å². The minimum Gasteiger partial charge on any atom is -0.365 e. The lowest BCUT2D eigenvalue weighted by Gasteiger charge is -2.09. The third kappa shape index (κ3) is 5.79. The van der Waals surface area contributed by atoms with Gasteiger partial charge in [-0.05, 0) is 44.5 Å². The highest BCUT2D eigenvalue weighted by atomic mass is 16.1. The molecule has 0 aliphatic rings. The first-order valence-electron chi connectivity index (χ1n) is 10.1. The molecule has 0 bridgehead atoms. The molecule has 6 heteroatoms. The number of carbonyl (C=O) groups excluding carboxylic acids is 2. The highest BCUT2D eigenvalue weighted by Crippen LogP contribution is 2.24. The molecule has 3 rings (SSSR count). The number of nitrogens with zero attached hydrogens (tertiary/aromatic N) is 2. The maximum atomic E-state index is 12.6. The Kier molecular flexibility index (Phi) is 7.17. The number of rotatable bonds is 8. The van der Waals surface area contributed by atoms with Gasteiger partial charge in [0.05, 0.1) is 23.9 Å². The second kappa shape index (κ2) is 10.2. The molecule has 0 aliphatic carbocycles. The van der Waals surface area contributed by atoms with Gasteiger partial charge in [0.15, 0.2) is 5.78 Å². The van der Waals surface area contributed by atoms with Crippen LogP contribution in [-0.2, 0) is 16.1 Å². The van der Waals surface area contributed by atoms with Crippen LogP contribution in [0.2, 0.25) is 0 Å². The zero-order valence-electron chi connectivity index (χ0n) is 17.9. The van der Waals surface area contributed by atoms with Crippen molar-refractivity contribution >= 4 is 28.3 Å². The Bertz CT molecular complexity index is 1170. The lowest BCUT2D eigenvalue weighted by atomic mass is 10.2. The standard InChI is InChI=1S/C25H26N4O2/c1-4-9-21(30)14-19(3)26-15-18(2)25(31)28-23-12-8-13-24-22(23)16-27-29(24)17-20-10-6-5-7-11-20/h4-16,26H,17H2,1-3H3,(H,28,31)/b9-4-,18-15+,19-14?. The van der Waals surface area contributed by atoms with Gasteiger partial charge in [-0.15, -0.1) is 0 Å². The number of hydrogen-bond acceptors (Lipinski definition) is 4. The van der Waals surface area contributed by atoms with E-state index in [1.165, 1.54) is 12.2 Å². The van der Waals surface area contributed by atoms with Gasteiger partial charge in [0.1, 0.15) is 0 Å². The van der Waals surface area contributed by atoms with Crippen molar-refractivity contribution in [2.45, 2.75) is 27.3 Å². The van der Waals surface area contributed by atoms with Crippen molar-refractivity contribution in [1.82, 2.24) is 15.1 Å². The van der Waals surface area contributed by atoms with Crippen molar-refractivity contribution < 1.29 is 9.59 Å². The summed E-state index contributed by atoms with van der Waals surface area (Å²) in [5.41, 5.74) is 3.94. The fourth-order valence-corrected chi connectivity index (χ4v) is 3.07. The summed E-state index contributed by atoms with van der Waals surface area (Å²) in [6.07, 6.45) is 7.99. The summed E-state index contributed by atoms with van der Waals surface area (Å²) >= 11 is 0. The van der Waals surface area contributed by atoms with Crippen LogP contribution in [0.5, 0.6) is 0 Å². The molecule has 2 aromatic carbocycles. The largest absolute Gasteiger partial charge is 0.365 e. The Morgan fingerprint density at radius 1 is 1.06 bits per heavy atom. The topological polar surface area (TPSA) is 76.0 Å². The summed E-state index contributed by atoms with van der Waals surface area (Å²) < 4.78 is 1.92. The van der Waals surface area contributed by atoms with E-state index in [0.29, 0.717) is 23.5 Å². The van der Waals surface area contributed by atoms with Gasteiger partial charge in [-0.1, -0.05) is 42.5 Å². The van der Waals surface area contributed by atoms with Gasteiger partial charge in [-0.2, -0.15) is 5.10 Å². The molecule has 0 saturated carbocycles. The molecule has 0 aliphatic heterocycles. The SMILES string of the molecule is C/C=C\C(=O)C=C(C)N/C=C(\C)C(=O)Nc1cccc2c1cnn2Cc1ccccc1. The van der Waals surface area contributed by atoms with Gasteiger partial charge in [0.2, 0.25) is 0 Å². The molecule has 0 radical (unpaired) electrons. The van der Waals surface area contributed by atoms with E-state index < -0.39 is 0 Å². The van der Waals surface area contributed by atoms with Crippen LogP contribution >= 0.6 is 0 Å². The number of benzene rings is 2. The normalized spacial score (nSPS) is 12.4. The van der Waals surface area contributed by atoms with E-state index in [4.69, 9.17) is 0 Å². The molecular formula is C25H26N4O2. The maximum absolute atomic E-state index is 12.6. The molecule has 0 saturated heterocycles. The molecule has 1 aromatic heterocycles. The molecule has 0 unspecified atom stereocenters. The highest BCUT2D eigenvalue weighted by Gasteiger charge is 2.11. The first-order chi connectivity index (χ1) is 15.0. The van der Waals surface area contributed by atoms with Gasteiger partial charge in [-0.3, -0.25) is 14.3 Å². The van der Waals surface area contributed by atoms with Gasteiger partial charge in [0.25, 0.3) is 5.91 Å². The molecule has 1 amide bonds. The third-order valence-corrected chi connectivity index (χ3v) is 4.67. The maximum Gasteiger partial charge on any atom is 0.252 e. The van der Waals surface area contributed by atoms with E-state index in [1.807, 2.05) is 41.1 Å². The number of amides is 1. The highest BCUT2D eigenvalue weighted by molar-refractivity contribution is 6.08.